The molecule has 1 N–H and O–H groups in total. The summed E-state index contributed by atoms with van der Waals surface area (Å²) in [7, 11) is 1.98. The molecular formula is C19H24N2O. The van der Waals surface area contributed by atoms with Crippen LogP contribution in [-0.2, 0) is 11.2 Å². The predicted molar refractivity (Wildman–Crippen MR) is 90.9 cm³/mol. The van der Waals surface area contributed by atoms with Crippen LogP contribution in [-0.4, -0.2) is 37.5 Å². The van der Waals surface area contributed by atoms with E-state index in [4.69, 9.17) is 0 Å². The normalized spacial score (nSPS) is 18.0. The molecule has 3 heteroatoms. The van der Waals surface area contributed by atoms with Gasteiger partial charge in [0.25, 0.3) is 0 Å². The van der Waals surface area contributed by atoms with E-state index in [0.717, 1.165) is 32.5 Å². The van der Waals surface area contributed by atoms with Crippen LogP contribution in [0.4, 0.5) is 0 Å². The molecule has 0 saturated carbocycles. The molecule has 1 aliphatic rings. The van der Waals surface area contributed by atoms with Gasteiger partial charge in [-0.1, -0.05) is 42.5 Å². The predicted octanol–water partition coefficient (Wildman–Crippen LogP) is 2.84. The maximum Gasteiger partial charge on any atom is 0.222 e. The van der Waals surface area contributed by atoms with Crippen molar-refractivity contribution in [3.05, 3.63) is 48.0 Å². The fourth-order valence-corrected chi connectivity index (χ4v) is 3.32. The molecule has 2 aromatic carbocycles. The van der Waals surface area contributed by atoms with E-state index < -0.39 is 0 Å². The zero-order valence-corrected chi connectivity index (χ0v) is 13.2. The zero-order valence-electron chi connectivity index (χ0n) is 13.2. The van der Waals surface area contributed by atoms with E-state index in [9.17, 15) is 4.79 Å². The summed E-state index contributed by atoms with van der Waals surface area (Å²) in [6.07, 6.45) is 2.57. The van der Waals surface area contributed by atoms with Crippen molar-refractivity contribution in [2.75, 3.05) is 26.7 Å². The molecule has 0 spiro atoms. The van der Waals surface area contributed by atoms with Crippen molar-refractivity contribution in [2.24, 2.45) is 5.92 Å². The van der Waals surface area contributed by atoms with E-state index in [0.29, 0.717) is 18.2 Å². The number of aryl methyl sites for hydroxylation is 1. The average molecular weight is 296 g/mol. The summed E-state index contributed by atoms with van der Waals surface area (Å²) in [4.78, 5) is 14.4. The van der Waals surface area contributed by atoms with Crippen LogP contribution in [0.25, 0.3) is 10.8 Å². The Kier molecular flexibility index (Phi) is 4.74. The molecule has 22 heavy (non-hydrogen) atoms. The molecule has 1 heterocycles. The van der Waals surface area contributed by atoms with E-state index in [1.165, 1.54) is 16.3 Å². The van der Waals surface area contributed by atoms with E-state index in [1.54, 1.807) is 0 Å². The molecule has 3 rings (SSSR count). The lowest BCUT2D eigenvalue weighted by Crippen LogP contribution is -2.30. The largest absolute Gasteiger partial charge is 0.342 e. The van der Waals surface area contributed by atoms with Crippen molar-refractivity contribution < 1.29 is 4.79 Å². The Hall–Kier alpha value is -1.87. The zero-order chi connectivity index (χ0) is 15.4. The molecule has 1 fully saturated rings. The van der Waals surface area contributed by atoms with Crippen molar-refractivity contribution in [2.45, 2.75) is 19.3 Å². The Bertz CT molecular complexity index is 653. The Balaban J connectivity index is 1.56. The molecule has 1 aliphatic heterocycles. The van der Waals surface area contributed by atoms with Gasteiger partial charge in [-0.15, -0.1) is 0 Å². The second-order valence-corrected chi connectivity index (χ2v) is 6.23. The summed E-state index contributed by atoms with van der Waals surface area (Å²) in [5.41, 5.74) is 1.25. The number of amides is 1. The number of likely N-dealkylation sites (tertiary alicyclic amines) is 1. The van der Waals surface area contributed by atoms with Gasteiger partial charge < -0.3 is 10.2 Å². The smallest absolute Gasteiger partial charge is 0.222 e. The van der Waals surface area contributed by atoms with E-state index in [1.807, 2.05) is 11.9 Å². The minimum Gasteiger partial charge on any atom is -0.342 e. The second-order valence-electron chi connectivity index (χ2n) is 6.23. The Morgan fingerprint density at radius 3 is 2.86 bits per heavy atom. The van der Waals surface area contributed by atoms with Gasteiger partial charge in [0.05, 0.1) is 0 Å². The lowest BCUT2D eigenvalue weighted by atomic mass is 10.0. The molecule has 1 atom stereocenters. The molecule has 0 radical (unpaired) electrons. The maximum atomic E-state index is 12.3. The third-order valence-electron chi connectivity index (χ3n) is 4.57. The molecule has 1 unspecified atom stereocenters. The molecule has 3 nitrogen and oxygen atoms in total. The highest BCUT2D eigenvalue weighted by Gasteiger charge is 2.25. The van der Waals surface area contributed by atoms with Gasteiger partial charge in [0.2, 0.25) is 5.91 Å². The minimum atomic E-state index is 0.298. The summed E-state index contributed by atoms with van der Waals surface area (Å²) in [6.45, 7) is 2.84. The Labute approximate surface area is 132 Å². The van der Waals surface area contributed by atoms with E-state index in [2.05, 4.69) is 47.8 Å². The van der Waals surface area contributed by atoms with Crippen LogP contribution < -0.4 is 5.32 Å². The summed E-state index contributed by atoms with van der Waals surface area (Å²) >= 11 is 0. The van der Waals surface area contributed by atoms with Crippen molar-refractivity contribution in [3.8, 4) is 0 Å². The van der Waals surface area contributed by atoms with Gasteiger partial charge in [0.1, 0.15) is 0 Å². The standard InChI is InChI=1S/C19H24N2O/c1-20-13-16-10-11-21(14-16)19(22)9-7-15-6-8-17-4-2-3-5-18(17)12-15/h2-6,8,12,16,20H,7,9-11,13-14H2,1H3. The first-order valence-electron chi connectivity index (χ1n) is 8.16. The van der Waals surface area contributed by atoms with Gasteiger partial charge in [0, 0.05) is 19.5 Å². The number of benzene rings is 2. The fourth-order valence-electron chi connectivity index (χ4n) is 3.32. The van der Waals surface area contributed by atoms with Gasteiger partial charge in [-0.25, -0.2) is 0 Å². The van der Waals surface area contributed by atoms with Crippen LogP contribution in [0.5, 0.6) is 0 Å². The number of carbonyl (C=O) groups excluding carboxylic acids is 1. The molecule has 0 bridgehead atoms. The highest BCUT2D eigenvalue weighted by atomic mass is 16.2. The second kappa shape index (κ2) is 6.93. The van der Waals surface area contributed by atoms with Crippen LogP contribution in [0, 0.1) is 5.92 Å². The quantitative estimate of drug-likeness (QED) is 0.920. The number of fused-ring (bicyclic) bond motifs is 1. The SMILES string of the molecule is CNCC1CCN(C(=O)CCc2ccc3ccccc3c2)C1. The average Bonchev–Trinajstić information content (AvgIpc) is 3.01. The number of rotatable bonds is 5. The molecule has 1 amide bonds. The monoisotopic (exact) mass is 296 g/mol. The van der Waals surface area contributed by atoms with E-state index in [-0.39, 0.29) is 0 Å². The van der Waals surface area contributed by atoms with Gasteiger partial charge >= 0.3 is 0 Å². The van der Waals surface area contributed by atoms with Gasteiger partial charge in [0.15, 0.2) is 0 Å². The highest BCUT2D eigenvalue weighted by molar-refractivity contribution is 5.83. The molecule has 116 valence electrons. The number of hydrogen-bond acceptors (Lipinski definition) is 2. The first-order chi connectivity index (χ1) is 10.8. The molecule has 1 saturated heterocycles. The number of nitrogens with one attached hydrogen (secondary N) is 1. The van der Waals surface area contributed by atoms with Crippen molar-refractivity contribution in [3.63, 3.8) is 0 Å². The van der Waals surface area contributed by atoms with Crippen molar-refractivity contribution in [1.29, 1.82) is 0 Å². The van der Waals surface area contributed by atoms with Gasteiger partial charge in [-0.2, -0.15) is 0 Å². The summed E-state index contributed by atoms with van der Waals surface area (Å²) in [5.74, 6) is 0.918. The highest BCUT2D eigenvalue weighted by Crippen LogP contribution is 2.19. The Morgan fingerprint density at radius 2 is 2.05 bits per heavy atom. The van der Waals surface area contributed by atoms with Gasteiger partial charge in [-0.05, 0) is 48.7 Å². The first-order valence-corrected chi connectivity index (χ1v) is 8.16. The molecule has 2 aromatic rings. The van der Waals surface area contributed by atoms with Crippen molar-refractivity contribution >= 4 is 16.7 Å². The summed E-state index contributed by atoms with van der Waals surface area (Å²) < 4.78 is 0. The van der Waals surface area contributed by atoms with Crippen LogP contribution in [0.3, 0.4) is 0 Å². The van der Waals surface area contributed by atoms with Crippen LogP contribution in [0.2, 0.25) is 0 Å². The summed E-state index contributed by atoms with van der Waals surface area (Å²) in [5, 5.41) is 5.72. The van der Waals surface area contributed by atoms with Crippen molar-refractivity contribution in [1.82, 2.24) is 10.2 Å². The van der Waals surface area contributed by atoms with Gasteiger partial charge in [-0.3, -0.25) is 4.79 Å². The van der Waals surface area contributed by atoms with Crippen LogP contribution >= 0.6 is 0 Å². The number of hydrogen-bond donors (Lipinski definition) is 1. The summed E-state index contributed by atoms with van der Waals surface area (Å²) in [6, 6.07) is 14.9. The molecular weight excluding hydrogens is 272 g/mol. The topological polar surface area (TPSA) is 32.3 Å². The lowest BCUT2D eigenvalue weighted by Gasteiger charge is -2.16. The number of nitrogens with zero attached hydrogens (tertiary/aromatic N) is 1. The Morgan fingerprint density at radius 1 is 1.23 bits per heavy atom. The first kappa shape index (κ1) is 15.0. The lowest BCUT2D eigenvalue weighted by molar-refractivity contribution is -0.130. The third kappa shape index (κ3) is 3.47. The molecule has 0 aromatic heterocycles. The van der Waals surface area contributed by atoms with Crippen LogP contribution in [0.1, 0.15) is 18.4 Å². The molecule has 0 aliphatic carbocycles. The number of carbonyl (C=O) groups is 1. The maximum absolute atomic E-state index is 12.3. The van der Waals surface area contributed by atoms with E-state index >= 15 is 0 Å². The van der Waals surface area contributed by atoms with Crippen LogP contribution in [0.15, 0.2) is 42.5 Å². The minimum absolute atomic E-state index is 0.298. The fraction of sp³-hybridized carbons (Fsp3) is 0.421. The third-order valence-corrected chi connectivity index (χ3v) is 4.57.